The molecule has 0 bridgehead atoms. The van der Waals surface area contributed by atoms with Crippen LogP contribution in [0.15, 0.2) is 4.60 Å². The largest absolute Gasteiger partial charge is 0.291 e. The van der Waals surface area contributed by atoms with Crippen LogP contribution in [-0.4, -0.2) is 31.8 Å². The van der Waals surface area contributed by atoms with E-state index >= 15 is 0 Å². The van der Waals surface area contributed by atoms with E-state index in [2.05, 4.69) is 26.2 Å². The molecule has 1 aliphatic rings. The van der Waals surface area contributed by atoms with Crippen molar-refractivity contribution in [3.05, 3.63) is 10.3 Å². The van der Waals surface area contributed by atoms with Gasteiger partial charge in [0.2, 0.25) is 0 Å². The second kappa shape index (κ2) is 4.02. The van der Waals surface area contributed by atoms with Crippen LogP contribution < -0.4 is 0 Å². The molecule has 1 saturated heterocycles. The summed E-state index contributed by atoms with van der Waals surface area (Å²) in [4.78, 5) is 12.0. The highest BCUT2D eigenvalue weighted by molar-refractivity contribution is 9.10. The molecule has 0 N–H and O–H groups in total. The predicted molar refractivity (Wildman–Crippen MR) is 58.5 cm³/mol. The number of Topliss-reactive ketones (excluding diaryl/α,β-unsaturated/α-hetero) is 1. The number of ketones is 1. The maximum atomic E-state index is 12.0. The summed E-state index contributed by atoms with van der Waals surface area (Å²) in [7, 11) is 1.74. The first-order valence-electron chi connectivity index (χ1n) is 4.41. The predicted octanol–water partition coefficient (Wildman–Crippen LogP) is 1.66. The van der Waals surface area contributed by atoms with Crippen LogP contribution in [0.5, 0.6) is 0 Å². The minimum atomic E-state index is 0.100. The highest BCUT2D eigenvalue weighted by Crippen LogP contribution is 2.30. The number of thioether (sulfide) groups is 1. The Kier molecular flexibility index (Phi) is 2.92. The van der Waals surface area contributed by atoms with E-state index in [9.17, 15) is 4.79 Å². The Hall–Kier alpha value is -0.360. The van der Waals surface area contributed by atoms with Gasteiger partial charge in [-0.2, -0.15) is 11.8 Å². The number of hydrogen-bond acceptors (Lipinski definition) is 4. The Morgan fingerprint density at radius 3 is 3.00 bits per heavy atom. The number of hydrogen-bond donors (Lipinski definition) is 0. The smallest absolute Gasteiger partial charge is 0.196 e. The molecule has 76 valence electrons. The summed E-state index contributed by atoms with van der Waals surface area (Å²) < 4.78 is 2.09. The van der Waals surface area contributed by atoms with E-state index in [-0.39, 0.29) is 11.0 Å². The number of aryl methyl sites for hydroxylation is 1. The van der Waals surface area contributed by atoms with Gasteiger partial charge in [-0.15, -0.1) is 5.10 Å². The summed E-state index contributed by atoms with van der Waals surface area (Å²) in [6.07, 6.45) is 2.10. The van der Waals surface area contributed by atoms with Gasteiger partial charge in [0.25, 0.3) is 0 Å². The lowest BCUT2D eigenvalue weighted by atomic mass is 10.1. The minimum Gasteiger partial charge on any atom is -0.291 e. The second-order valence-corrected chi connectivity index (χ2v) is 5.28. The van der Waals surface area contributed by atoms with Gasteiger partial charge in [0.05, 0.1) is 5.25 Å². The van der Waals surface area contributed by atoms with Crippen molar-refractivity contribution in [2.24, 2.45) is 7.05 Å². The Morgan fingerprint density at radius 2 is 2.50 bits per heavy atom. The fourth-order valence-electron chi connectivity index (χ4n) is 1.53. The molecule has 6 heteroatoms. The summed E-state index contributed by atoms with van der Waals surface area (Å²) in [6.45, 7) is 0. The quantitative estimate of drug-likeness (QED) is 0.771. The molecule has 0 radical (unpaired) electrons. The number of rotatable bonds is 2. The van der Waals surface area contributed by atoms with Crippen LogP contribution in [0.4, 0.5) is 0 Å². The molecular formula is C8H10BrN3OS. The number of carbonyl (C=O) groups excluding carboxylic acids is 1. The van der Waals surface area contributed by atoms with Gasteiger partial charge in [-0.25, -0.2) is 4.68 Å². The van der Waals surface area contributed by atoms with Gasteiger partial charge >= 0.3 is 0 Å². The lowest BCUT2D eigenvalue weighted by Gasteiger charge is -2.06. The Bertz CT molecular complexity index is 340. The van der Waals surface area contributed by atoms with Crippen LogP contribution in [0.2, 0.25) is 0 Å². The van der Waals surface area contributed by atoms with Crippen molar-refractivity contribution < 1.29 is 4.79 Å². The van der Waals surface area contributed by atoms with Gasteiger partial charge in [-0.05, 0) is 34.5 Å². The van der Waals surface area contributed by atoms with Crippen molar-refractivity contribution in [1.29, 1.82) is 0 Å². The van der Waals surface area contributed by atoms with E-state index in [1.165, 1.54) is 4.68 Å². The first-order chi connectivity index (χ1) is 6.70. The third-order valence-electron chi connectivity index (χ3n) is 2.24. The zero-order chi connectivity index (χ0) is 10.1. The third kappa shape index (κ3) is 1.72. The summed E-state index contributed by atoms with van der Waals surface area (Å²) >= 11 is 4.97. The van der Waals surface area contributed by atoms with E-state index in [0.29, 0.717) is 10.3 Å². The van der Waals surface area contributed by atoms with Crippen LogP contribution in [0.3, 0.4) is 0 Å². The highest BCUT2D eigenvalue weighted by Gasteiger charge is 2.28. The van der Waals surface area contributed by atoms with Crippen LogP contribution in [0.25, 0.3) is 0 Å². The van der Waals surface area contributed by atoms with Gasteiger partial charge in [-0.3, -0.25) is 4.79 Å². The number of aromatic nitrogens is 3. The molecule has 2 rings (SSSR count). The van der Waals surface area contributed by atoms with E-state index in [4.69, 9.17) is 0 Å². The molecule has 1 aromatic rings. The highest BCUT2D eigenvalue weighted by atomic mass is 79.9. The van der Waals surface area contributed by atoms with Gasteiger partial charge in [0.1, 0.15) is 5.69 Å². The third-order valence-corrected chi connectivity index (χ3v) is 4.15. The number of halogens is 1. The average Bonchev–Trinajstić information content (AvgIpc) is 2.75. The Morgan fingerprint density at radius 1 is 1.71 bits per heavy atom. The van der Waals surface area contributed by atoms with Gasteiger partial charge in [0.15, 0.2) is 10.4 Å². The molecular weight excluding hydrogens is 266 g/mol. The number of carbonyl (C=O) groups is 1. The first kappa shape index (κ1) is 10.2. The van der Waals surface area contributed by atoms with E-state index in [1.54, 1.807) is 18.8 Å². The molecule has 1 fully saturated rings. The molecule has 0 aliphatic carbocycles. The van der Waals surface area contributed by atoms with Crippen molar-refractivity contribution in [3.63, 3.8) is 0 Å². The van der Waals surface area contributed by atoms with Gasteiger partial charge < -0.3 is 0 Å². The zero-order valence-corrected chi connectivity index (χ0v) is 10.1. The molecule has 4 nitrogen and oxygen atoms in total. The number of nitrogens with zero attached hydrogens (tertiary/aromatic N) is 3. The molecule has 0 amide bonds. The monoisotopic (exact) mass is 275 g/mol. The van der Waals surface area contributed by atoms with E-state index in [1.807, 2.05) is 0 Å². The fourth-order valence-corrected chi connectivity index (χ4v) is 3.27. The minimum absolute atomic E-state index is 0.100. The molecule has 1 aliphatic heterocycles. The van der Waals surface area contributed by atoms with E-state index < -0.39 is 0 Å². The molecule has 1 aromatic heterocycles. The van der Waals surface area contributed by atoms with Crippen molar-refractivity contribution in [2.75, 3.05) is 5.75 Å². The van der Waals surface area contributed by atoms with Gasteiger partial charge in [-0.1, -0.05) is 5.21 Å². The SMILES string of the molecule is Cn1nnc(Br)c1C(=O)C1CCCS1. The first-order valence-corrected chi connectivity index (χ1v) is 6.25. The second-order valence-electron chi connectivity index (χ2n) is 3.22. The normalized spacial score (nSPS) is 21.4. The average molecular weight is 276 g/mol. The molecule has 0 aromatic carbocycles. The van der Waals surface area contributed by atoms with Crippen molar-refractivity contribution in [1.82, 2.24) is 15.0 Å². The zero-order valence-electron chi connectivity index (χ0n) is 7.73. The van der Waals surface area contributed by atoms with Crippen molar-refractivity contribution in [2.45, 2.75) is 18.1 Å². The maximum absolute atomic E-state index is 12.0. The molecule has 1 atom stereocenters. The van der Waals surface area contributed by atoms with Crippen LogP contribution >= 0.6 is 27.7 Å². The molecule has 0 spiro atoms. The summed E-state index contributed by atoms with van der Waals surface area (Å²) in [5.41, 5.74) is 0.587. The lowest BCUT2D eigenvalue weighted by Crippen LogP contribution is -2.18. The molecule has 14 heavy (non-hydrogen) atoms. The van der Waals surface area contributed by atoms with Crippen LogP contribution in [0, 0.1) is 0 Å². The topological polar surface area (TPSA) is 47.8 Å². The van der Waals surface area contributed by atoms with Crippen LogP contribution in [-0.2, 0) is 7.05 Å². The fraction of sp³-hybridized carbons (Fsp3) is 0.625. The summed E-state index contributed by atoms with van der Waals surface area (Å²) in [5, 5.41) is 7.71. The molecule has 2 heterocycles. The van der Waals surface area contributed by atoms with Crippen molar-refractivity contribution >= 4 is 33.5 Å². The van der Waals surface area contributed by atoms with Gasteiger partial charge in [0, 0.05) is 7.05 Å². The van der Waals surface area contributed by atoms with E-state index in [0.717, 1.165) is 18.6 Å². The van der Waals surface area contributed by atoms with Crippen molar-refractivity contribution in [3.8, 4) is 0 Å². The maximum Gasteiger partial charge on any atom is 0.196 e. The Balaban J connectivity index is 2.25. The summed E-state index contributed by atoms with van der Waals surface area (Å²) in [5.74, 6) is 1.23. The standard InChI is InChI=1S/C8H10BrN3OS/c1-12-6(8(9)10-11-12)7(13)5-3-2-4-14-5/h5H,2-4H2,1H3. The lowest BCUT2D eigenvalue weighted by molar-refractivity contribution is 0.0978. The molecule has 0 saturated carbocycles. The molecule has 1 unspecified atom stereocenters. The Labute approximate surface area is 94.6 Å². The van der Waals surface area contributed by atoms with Crippen LogP contribution in [0.1, 0.15) is 23.3 Å². The summed E-state index contributed by atoms with van der Waals surface area (Å²) in [6, 6.07) is 0.